The third-order valence-corrected chi connectivity index (χ3v) is 8.05. The van der Waals surface area contributed by atoms with Crippen LogP contribution in [0.4, 0.5) is 0 Å². The van der Waals surface area contributed by atoms with Crippen LogP contribution in [0.3, 0.4) is 0 Å². The number of likely N-dealkylation sites (tertiary alicyclic amines) is 1. The topological polar surface area (TPSA) is 366 Å². The number of hydrogen-bond donors (Lipinski definition) is 11. The van der Waals surface area contributed by atoms with Gasteiger partial charge < -0.3 is 65.0 Å². The smallest absolute Gasteiger partial charge is 0.326 e. The highest BCUT2D eigenvalue weighted by Crippen LogP contribution is 2.20. The SMILES string of the molecule is NC(N)=NCCCC(N)C(=O)N1CCCC1C(=O)NC(CCCN=C(N)N)C(=O)NCC(=O)NC(CC(=O)O)C(=O)NC(Cc1ccccc1)C(=O)O. The number of nitrogens with two attached hydrogens (primary N) is 5. The minimum absolute atomic E-state index is 0.0168. The maximum Gasteiger partial charge on any atom is 0.326 e. The molecule has 0 aromatic heterocycles. The van der Waals surface area contributed by atoms with Gasteiger partial charge in [-0.15, -0.1) is 0 Å². The van der Waals surface area contributed by atoms with Crippen LogP contribution in [-0.4, -0.2) is 125 Å². The Labute approximate surface area is 305 Å². The highest BCUT2D eigenvalue weighted by molar-refractivity contribution is 5.96. The Balaban J connectivity index is 2.08. The molecule has 2 rings (SSSR count). The van der Waals surface area contributed by atoms with Crippen molar-refractivity contribution in [1.82, 2.24) is 26.2 Å². The molecular weight excluding hydrogens is 696 g/mol. The number of carboxylic acids is 2. The second kappa shape index (κ2) is 22.1. The van der Waals surface area contributed by atoms with Gasteiger partial charge in [0, 0.05) is 26.1 Å². The van der Waals surface area contributed by atoms with E-state index in [0.717, 1.165) is 0 Å². The van der Waals surface area contributed by atoms with Gasteiger partial charge in [0.1, 0.15) is 24.2 Å². The van der Waals surface area contributed by atoms with Gasteiger partial charge in [0.15, 0.2) is 11.9 Å². The number of aliphatic carboxylic acids is 2. The summed E-state index contributed by atoms with van der Waals surface area (Å²) in [6, 6.07) is 2.21. The second-order valence-electron chi connectivity index (χ2n) is 12.3. The number of rotatable bonds is 22. The molecule has 1 heterocycles. The fraction of sp³-hybridized carbons (Fsp3) is 0.531. The first-order chi connectivity index (χ1) is 25.1. The van der Waals surface area contributed by atoms with E-state index in [1.54, 1.807) is 30.3 Å². The van der Waals surface area contributed by atoms with E-state index in [2.05, 4.69) is 31.3 Å². The molecule has 53 heavy (non-hydrogen) atoms. The van der Waals surface area contributed by atoms with Crippen molar-refractivity contribution in [3.05, 3.63) is 35.9 Å². The molecular formula is C32H50N12O9. The molecule has 5 atom stereocenters. The van der Waals surface area contributed by atoms with E-state index in [1.165, 1.54) is 4.90 Å². The highest BCUT2D eigenvalue weighted by atomic mass is 16.4. The van der Waals surface area contributed by atoms with Gasteiger partial charge >= 0.3 is 11.9 Å². The summed E-state index contributed by atoms with van der Waals surface area (Å²) in [6.07, 6.45) is 0.765. The molecule has 292 valence electrons. The van der Waals surface area contributed by atoms with Crippen LogP contribution in [0, 0.1) is 0 Å². The van der Waals surface area contributed by atoms with Crippen LogP contribution >= 0.6 is 0 Å². The molecule has 1 aromatic carbocycles. The average molecular weight is 747 g/mol. The number of carbonyl (C=O) groups is 7. The number of carboxylic acid groups (broad SMARTS) is 2. The monoisotopic (exact) mass is 746 g/mol. The molecule has 21 heteroatoms. The Hall–Kier alpha value is -5.99. The van der Waals surface area contributed by atoms with Gasteiger partial charge in [0.25, 0.3) is 0 Å². The minimum atomic E-state index is -1.69. The van der Waals surface area contributed by atoms with Crippen LogP contribution in [0.1, 0.15) is 50.5 Å². The molecule has 5 amide bonds. The average Bonchev–Trinajstić information content (AvgIpc) is 3.59. The zero-order valence-electron chi connectivity index (χ0n) is 29.2. The summed E-state index contributed by atoms with van der Waals surface area (Å²) < 4.78 is 0. The number of carbonyl (C=O) groups excluding carboxylic acids is 5. The van der Waals surface area contributed by atoms with Crippen LogP contribution in [-0.2, 0) is 40.0 Å². The van der Waals surface area contributed by atoms with Crippen molar-refractivity contribution in [2.45, 2.75) is 81.6 Å². The van der Waals surface area contributed by atoms with Crippen LogP contribution in [0.15, 0.2) is 40.3 Å². The number of nitrogens with zero attached hydrogens (tertiary/aromatic N) is 3. The molecule has 1 saturated heterocycles. The molecule has 0 saturated carbocycles. The molecule has 1 aliphatic rings. The van der Waals surface area contributed by atoms with Gasteiger partial charge in [0.2, 0.25) is 29.5 Å². The van der Waals surface area contributed by atoms with Crippen molar-refractivity contribution in [2.75, 3.05) is 26.2 Å². The van der Waals surface area contributed by atoms with Crippen molar-refractivity contribution in [3.8, 4) is 0 Å². The fourth-order valence-corrected chi connectivity index (χ4v) is 5.44. The van der Waals surface area contributed by atoms with Gasteiger partial charge in [-0.25, -0.2) is 4.79 Å². The lowest BCUT2D eigenvalue weighted by atomic mass is 10.1. The standard InChI is InChI=1S/C32H50N12O9/c33-19(9-4-12-38-31(34)35)29(51)44-14-6-11-23(44)28(50)42-20(10-5-13-39-32(36)37)26(48)40-17-24(45)41-21(16-25(46)47)27(49)43-22(30(52)53)15-18-7-2-1-3-8-18/h1-3,7-8,19-23H,4-6,9-17,33H2,(H,40,48)(H,41,45)(H,42,50)(H,43,49)(H,46,47)(H,52,53)(H4,34,35,38)(H4,36,37,39). The number of benzene rings is 1. The van der Waals surface area contributed by atoms with E-state index in [0.29, 0.717) is 24.8 Å². The molecule has 5 unspecified atom stereocenters. The number of nitrogens with one attached hydrogen (secondary N) is 4. The summed E-state index contributed by atoms with van der Waals surface area (Å²) in [5, 5.41) is 28.4. The van der Waals surface area contributed by atoms with E-state index in [9.17, 15) is 43.8 Å². The van der Waals surface area contributed by atoms with Gasteiger partial charge in [-0.1, -0.05) is 30.3 Å². The Morgan fingerprint density at radius 2 is 1.43 bits per heavy atom. The first-order valence-corrected chi connectivity index (χ1v) is 16.9. The maximum absolute atomic E-state index is 13.4. The molecule has 0 aliphatic carbocycles. The Kier molecular flexibility index (Phi) is 18.0. The number of hydrogen-bond acceptors (Lipinski definition) is 10. The summed E-state index contributed by atoms with van der Waals surface area (Å²) in [7, 11) is 0. The van der Waals surface area contributed by atoms with E-state index in [1.807, 2.05) is 0 Å². The normalized spacial score (nSPS) is 15.8. The summed E-state index contributed by atoms with van der Waals surface area (Å²) in [5.74, 6) is -7.03. The zero-order valence-corrected chi connectivity index (χ0v) is 29.2. The van der Waals surface area contributed by atoms with Crippen molar-refractivity contribution >= 4 is 53.4 Å². The van der Waals surface area contributed by atoms with Gasteiger partial charge in [-0.05, 0) is 44.1 Å². The molecule has 0 bridgehead atoms. The Morgan fingerprint density at radius 1 is 0.811 bits per heavy atom. The predicted octanol–water partition coefficient (Wildman–Crippen LogP) is -4.22. The Bertz CT molecular complexity index is 1500. The van der Waals surface area contributed by atoms with Gasteiger partial charge in [0.05, 0.1) is 19.0 Å². The fourth-order valence-electron chi connectivity index (χ4n) is 5.44. The second-order valence-corrected chi connectivity index (χ2v) is 12.3. The van der Waals surface area contributed by atoms with Gasteiger partial charge in [-0.3, -0.25) is 38.8 Å². The molecule has 1 aliphatic heterocycles. The largest absolute Gasteiger partial charge is 0.481 e. The lowest BCUT2D eigenvalue weighted by Gasteiger charge is -2.28. The van der Waals surface area contributed by atoms with E-state index in [4.69, 9.17) is 28.7 Å². The van der Waals surface area contributed by atoms with E-state index < -0.39 is 84.6 Å². The van der Waals surface area contributed by atoms with Crippen LogP contribution in [0.5, 0.6) is 0 Å². The summed E-state index contributed by atoms with van der Waals surface area (Å²) in [5.41, 5.74) is 28.1. The molecule has 1 fully saturated rings. The van der Waals surface area contributed by atoms with Crippen molar-refractivity contribution < 1.29 is 43.8 Å². The minimum Gasteiger partial charge on any atom is -0.481 e. The van der Waals surface area contributed by atoms with Gasteiger partial charge in [-0.2, -0.15) is 0 Å². The lowest BCUT2D eigenvalue weighted by Crippen LogP contribution is -2.56. The summed E-state index contributed by atoms with van der Waals surface area (Å²) in [4.78, 5) is 98.0. The molecule has 1 aromatic rings. The third-order valence-electron chi connectivity index (χ3n) is 8.05. The van der Waals surface area contributed by atoms with E-state index >= 15 is 0 Å². The zero-order chi connectivity index (χ0) is 39.5. The third kappa shape index (κ3) is 15.8. The molecule has 16 N–H and O–H groups in total. The van der Waals surface area contributed by atoms with Crippen molar-refractivity contribution in [3.63, 3.8) is 0 Å². The molecule has 21 nitrogen and oxygen atoms in total. The van der Waals surface area contributed by atoms with Crippen LogP contribution in [0.25, 0.3) is 0 Å². The first-order valence-electron chi connectivity index (χ1n) is 16.9. The van der Waals surface area contributed by atoms with Crippen molar-refractivity contribution in [1.29, 1.82) is 0 Å². The lowest BCUT2D eigenvalue weighted by molar-refractivity contribution is -0.143. The maximum atomic E-state index is 13.4. The number of aliphatic imine (C=N–C) groups is 2. The molecule has 0 radical (unpaired) electrons. The summed E-state index contributed by atoms with van der Waals surface area (Å²) >= 11 is 0. The van der Waals surface area contributed by atoms with E-state index in [-0.39, 0.29) is 57.2 Å². The van der Waals surface area contributed by atoms with Crippen LogP contribution < -0.4 is 49.9 Å². The number of amides is 5. The highest BCUT2D eigenvalue weighted by Gasteiger charge is 2.37. The Morgan fingerprint density at radius 3 is 2.02 bits per heavy atom. The first kappa shape index (κ1) is 43.2. The number of guanidine groups is 2. The van der Waals surface area contributed by atoms with Crippen molar-refractivity contribution in [2.24, 2.45) is 38.7 Å². The predicted molar refractivity (Wildman–Crippen MR) is 191 cm³/mol. The molecule has 0 spiro atoms. The quantitative estimate of drug-likeness (QED) is 0.0304. The summed E-state index contributed by atoms with van der Waals surface area (Å²) in [6.45, 7) is -0.0870. The van der Waals surface area contributed by atoms with Crippen LogP contribution in [0.2, 0.25) is 0 Å².